The highest BCUT2D eigenvalue weighted by molar-refractivity contribution is 14.0. The zero-order valence-electron chi connectivity index (χ0n) is 17.5. The first kappa shape index (κ1) is 25.7. The second-order valence-electron chi connectivity index (χ2n) is 7.92. The number of nitrogens with one attached hydrogen (secondary N) is 3. The minimum atomic E-state index is -2.97. The maximum Gasteiger partial charge on any atom is 0.191 e. The van der Waals surface area contributed by atoms with Gasteiger partial charge in [-0.2, -0.15) is 0 Å². The second-order valence-corrected chi connectivity index (χ2v) is 10.2. The van der Waals surface area contributed by atoms with Crippen molar-refractivity contribution in [3.05, 3.63) is 35.8 Å². The maximum absolute atomic E-state index is 13.3. The van der Waals surface area contributed by atoms with E-state index in [0.717, 1.165) is 29.4 Å². The Hall–Kier alpha value is -1.36. The molecule has 0 spiro atoms. The number of H-pyrrole nitrogens is 1. The quantitative estimate of drug-likeness (QED) is 0.259. The lowest BCUT2D eigenvalue weighted by Crippen LogP contribution is -2.39. The molecule has 2 aromatic rings. The Kier molecular flexibility index (Phi) is 9.87. The van der Waals surface area contributed by atoms with Gasteiger partial charge in [0.1, 0.15) is 15.7 Å². The van der Waals surface area contributed by atoms with Gasteiger partial charge in [-0.3, -0.25) is 4.99 Å². The van der Waals surface area contributed by atoms with E-state index < -0.39 is 9.84 Å². The number of rotatable bonds is 9. The molecule has 9 heteroatoms. The zero-order valence-corrected chi connectivity index (χ0v) is 20.7. The van der Waals surface area contributed by atoms with Gasteiger partial charge in [0.05, 0.1) is 5.75 Å². The van der Waals surface area contributed by atoms with Crippen LogP contribution in [0, 0.1) is 11.2 Å². The van der Waals surface area contributed by atoms with Gasteiger partial charge in [0.2, 0.25) is 0 Å². The van der Waals surface area contributed by atoms with Crippen LogP contribution in [0.1, 0.15) is 32.8 Å². The van der Waals surface area contributed by atoms with Crippen LogP contribution in [0.25, 0.3) is 10.9 Å². The van der Waals surface area contributed by atoms with Crippen molar-refractivity contribution in [1.29, 1.82) is 0 Å². The number of fused-ring (bicyclic) bond motifs is 1. The Morgan fingerprint density at radius 1 is 1.28 bits per heavy atom. The highest BCUT2D eigenvalue weighted by Crippen LogP contribution is 2.21. The number of hydrogen-bond acceptors (Lipinski definition) is 3. The smallest absolute Gasteiger partial charge is 0.191 e. The highest BCUT2D eigenvalue weighted by Gasteiger charge is 2.20. The van der Waals surface area contributed by atoms with Crippen molar-refractivity contribution < 1.29 is 12.8 Å². The summed E-state index contributed by atoms with van der Waals surface area (Å²) < 4.78 is 36.1. The second kappa shape index (κ2) is 11.1. The van der Waals surface area contributed by atoms with E-state index in [4.69, 9.17) is 0 Å². The summed E-state index contributed by atoms with van der Waals surface area (Å²) in [5.74, 6) is 0.626. The van der Waals surface area contributed by atoms with Crippen LogP contribution >= 0.6 is 24.0 Å². The minimum absolute atomic E-state index is 0. The zero-order chi connectivity index (χ0) is 20.8. The molecule has 164 valence electrons. The van der Waals surface area contributed by atoms with Crippen LogP contribution < -0.4 is 10.6 Å². The van der Waals surface area contributed by atoms with E-state index in [2.05, 4.69) is 20.6 Å². The van der Waals surface area contributed by atoms with Crippen LogP contribution in [0.4, 0.5) is 4.39 Å². The Morgan fingerprint density at radius 3 is 2.66 bits per heavy atom. The molecule has 2 rings (SSSR count). The molecule has 3 N–H and O–H groups in total. The number of benzene rings is 1. The van der Waals surface area contributed by atoms with Gasteiger partial charge in [0, 0.05) is 43.0 Å². The average Bonchev–Trinajstić information content (AvgIpc) is 3.00. The SMILES string of the molecule is CCNC(=NCC(C)(C)CCS(C)(=O)=O)NCCc1c[nH]c2cc(F)ccc12.I. The molecule has 1 heterocycles. The molecule has 0 saturated heterocycles. The summed E-state index contributed by atoms with van der Waals surface area (Å²) in [5.41, 5.74) is 1.71. The summed E-state index contributed by atoms with van der Waals surface area (Å²) in [6.07, 6.45) is 4.51. The summed E-state index contributed by atoms with van der Waals surface area (Å²) in [6.45, 7) is 8.00. The van der Waals surface area contributed by atoms with Crippen LogP contribution in [0.2, 0.25) is 0 Å². The van der Waals surface area contributed by atoms with Crippen molar-refractivity contribution in [2.75, 3.05) is 31.6 Å². The van der Waals surface area contributed by atoms with Crippen molar-refractivity contribution in [3.8, 4) is 0 Å². The topological polar surface area (TPSA) is 86.3 Å². The predicted octanol–water partition coefficient (Wildman–Crippen LogP) is 3.48. The van der Waals surface area contributed by atoms with Crippen molar-refractivity contribution in [2.45, 2.75) is 33.6 Å². The lowest BCUT2D eigenvalue weighted by molar-refractivity contribution is 0.365. The van der Waals surface area contributed by atoms with E-state index in [9.17, 15) is 12.8 Å². The fourth-order valence-electron chi connectivity index (χ4n) is 2.86. The number of sulfone groups is 1. The lowest BCUT2D eigenvalue weighted by atomic mass is 9.90. The summed E-state index contributed by atoms with van der Waals surface area (Å²) in [6, 6.07) is 4.76. The summed E-state index contributed by atoms with van der Waals surface area (Å²) in [5, 5.41) is 7.55. The van der Waals surface area contributed by atoms with Gasteiger partial charge in [-0.1, -0.05) is 13.8 Å². The van der Waals surface area contributed by atoms with Crippen LogP contribution in [-0.2, 0) is 16.3 Å². The van der Waals surface area contributed by atoms with E-state index >= 15 is 0 Å². The minimum Gasteiger partial charge on any atom is -0.361 e. The normalized spacial score (nSPS) is 12.7. The molecule has 0 aliphatic rings. The summed E-state index contributed by atoms with van der Waals surface area (Å²) in [4.78, 5) is 7.72. The van der Waals surface area contributed by atoms with Crippen LogP contribution in [0.15, 0.2) is 29.4 Å². The van der Waals surface area contributed by atoms with Gasteiger partial charge in [-0.15, -0.1) is 24.0 Å². The third-order valence-corrected chi connectivity index (χ3v) is 5.52. The van der Waals surface area contributed by atoms with Crippen LogP contribution in [0.5, 0.6) is 0 Å². The molecule has 0 fully saturated rings. The maximum atomic E-state index is 13.3. The standard InChI is InChI=1S/C20H31FN4O2S.HI/c1-5-22-19(25-14-20(2,3)9-11-28(4,26)27)23-10-8-15-13-24-18-12-16(21)6-7-17(15)18;/h6-7,12-13,24H,5,8-11,14H2,1-4H3,(H2,22,23,25);1H. The van der Waals surface area contributed by atoms with Crippen LogP contribution in [-0.4, -0.2) is 51.0 Å². The molecule has 0 bridgehead atoms. The number of aromatic nitrogens is 1. The highest BCUT2D eigenvalue weighted by atomic mass is 127. The van der Waals surface area contributed by atoms with Gasteiger partial charge < -0.3 is 15.6 Å². The molecule has 1 aromatic heterocycles. The van der Waals surface area contributed by atoms with Gasteiger partial charge in [-0.05, 0) is 48.9 Å². The van der Waals surface area contributed by atoms with E-state index in [1.54, 1.807) is 6.07 Å². The Morgan fingerprint density at radius 2 is 2.00 bits per heavy atom. The van der Waals surface area contributed by atoms with Gasteiger partial charge >= 0.3 is 0 Å². The molecule has 0 saturated carbocycles. The molecular formula is C20H32FIN4O2S. The molecule has 0 unspecified atom stereocenters. The average molecular weight is 538 g/mol. The number of nitrogens with zero attached hydrogens (tertiary/aromatic N) is 1. The van der Waals surface area contributed by atoms with E-state index in [0.29, 0.717) is 25.5 Å². The molecule has 0 aliphatic heterocycles. The van der Waals surface area contributed by atoms with Crippen molar-refractivity contribution in [3.63, 3.8) is 0 Å². The van der Waals surface area contributed by atoms with E-state index in [1.165, 1.54) is 18.4 Å². The molecule has 1 aromatic carbocycles. The predicted molar refractivity (Wildman–Crippen MR) is 129 cm³/mol. The summed E-state index contributed by atoms with van der Waals surface area (Å²) >= 11 is 0. The molecule has 29 heavy (non-hydrogen) atoms. The number of hydrogen-bond donors (Lipinski definition) is 3. The Labute approximate surface area is 190 Å². The first-order valence-corrected chi connectivity index (χ1v) is 11.6. The van der Waals surface area contributed by atoms with Crippen molar-refractivity contribution in [2.24, 2.45) is 10.4 Å². The number of aliphatic imine (C=N–C) groups is 1. The van der Waals surface area contributed by atoms with Crippen molar-refractivity contribution in [1.82, 2.24) is 15.6 Å². The molecule has 0 amide bonds. The number of aromatic amines is 1. The van der Waals surface area contributed by atoms with Crippen molar-refractivity contribution >= 4 is 50.7 Å². The number of guanidine groups is 1. The summed E-state index contributed by atoms with van der Waals surface area (Å²) in [7, 11) is -2.97. The third kappa shape index (κ3) is 8.90. The Bertz CT molecular complexity index is 926. The van der Waals surface area contributed by atoms with E-state index in [1.807, 2.05) is 27.0 Å². The molecule has 0 atom stereocenters. The number of halogens is 2. The monoisotopic (exact) mass is 538 g/mol. The fraction of sp³-hybridized carbons (Fsp3) is 0.550. The largest absolute Gasteiger partial charge is 0.361 e. The first-order chi connectivity index (χ1) is 13.1. The molecule has 0 radical (unpaired) electrons. The molecular weight excluding hydrogens is 506 g/mol. The third-order valence-electron chi connectivity index (χ3n) is 4.58. The first-order valence-electron chi connectivity index (χ1n) is 9.55. The fourth-order valence-corrected chi connectivity index (χ4v) is 3.78. The van der Waals surface area contributed by atoms with Crippen LogP contribution in [0.3, 0.4) is 0 Å². The van der Waals surface area contributed by atoms with Gasteiger partial charge in [0.15, 0.2) is 5.96 Å². The molecule has 6 nitrogen and oxygen atoms in total. The lowest BCUT2D eigenvalue weighted by Gasteiger charge is -2.22. The Balaban J connectivity index is 0.00000420. The van der Waals surface area contributed by atoms with Gasteiger partial charge in [0.25, 0.3) is 0 Å². The molecule has 0 aliphatic carbocycles. The van der Waals surface area contributed by atoms with Gasteiger partial charge in [-0.25, -0.2) is 12.8 Å². The van der Waals surface area contributed by atoms with E-state index in [-0.39, 0.29) is 41.0 Å².